The van der Waals surface area contributed by atoms with Crippen molar-refractivity contribution < 1.29 is 38.2 Å². The number of Topliss-reactive ketones (excluding diaryl/α,β-unsaturated/α-hetero) is 1. The highest BCUT2D eigenvalue weighted by Gasteiger charge is 2.40. The van der Waals surface area contributed by atoms with Gasteiger partial charge >= 0.3 is 5.97 Å². The van der Waals surface area contributed by atoms with Crippen LogP contribution in [0.2, 0.25) is 0 Å². The normalized spacial score (nSPS) is 17.7. The largest absolute Gasteiger partial charge is 0.465 e. The predicted molar refractivity (Wildman–Crippen MR) is 97.2 cm³/mol. The Morgan fingerprint density at radius 2 is 1.97 bits per heavy atom. The van der Waals surface area contributed by atoms with Crippen molar-refractivity contribution in [3.05, 3.63) is 33.9 Å². The Kier molecular flexibility index (Phi) is 6.99. The maximum Gasteiger partial charge on any atom is 0.317 e. The van der Waals surface area contributed by atoms with Gasteiger partial charge in [-0.25, -0.2) is 0 Å². The predicted octanol–water partition coefficient (Wildman–Crippen LogP) is 1.68. The number of carbonyl (C=O) groups is 2. The van der Waals surface area contributed by atoms with Crippen LogP contribution >= 0.6 is 0 Å². The Morgan fingerprint density at radius 1 is 1.24 bits per heavy atom. The Morgan fingerprint density at radius 3 is 2.66 bits per heavy atom. The summed E-state index contributed by atoms with van der Waals surface area (Å²) in [6.45, 7) is 2.00. The summed E-state index contributed by atoms with van der Waals surface area (Å²) in [5.74, 6) is -2.64. The maximum absolute atomic E-state index is 13.0. The number of benzene rings is 1. The summed E-state index contributed by atoms with van der Waals surface area (Å²) in [5, 5.41) is 11.3. The monoisotopic (exact) mass is 409 g/mol. The van der Waals surface area contributed by atoms with Crippen molar-refractivity contribution >= 4 is 11.8 Å². The van der Waals surface area contributed by atoms with Crippen LogP contribution in [0.1, 0.15) is 31.2 Å². The highest BCUT2D eigenvalue weighted by molar-refractivity contribution is 6.00. The minimum Gasteiger partial charge on any atom is -0.465 e. The van der Waals surface area contributed by atoms with Gasteiger partial charge in [-0.1, -0.05) is 6.07 Å². The quantitative estimate of drug-likeness (QED) is 0.246. The number of carbonyl (C=O) groups excluding carboxylic acids is 2. The van der Waals surface area contributed by atoms with E-state index < -0.39 is 41.3 Å². The van der Waals surface area contributed by atoms with Crippen LogP contribution in [0.4, 0.5) is 0 Å². The van der Waals surface area contributed by atoms with Crippen molar-refractivity contribution in [1.29, 1.82) is 0 Å². The Bertz CT molecular complexity index is 760. The molecular weight excluding hydrogens is 386 g/mol. The summed E-state index contributed by atoms with van der Waals surface area (Å²) in [6.07, 6.45) is -0.269. The summed E-state index contributed by atoms with van der Waals surface area (Å²) in [4.78, 5) is 36.4. The first-order chi connectivity index (χ1) is 14.0. The van der Waals surface area contributed by atoms with Gasteiger partial charge in [0.1, 0.15) is 11.7 Å². The summed E-state index contributed by atoms with van der Waals surface area (Å²) < 4.78 is 26.3. The first-order valence-electron chi connectivity index (χ1n) is 9.43. The number of nitro groups is 1. The first-order valence-corrected chi connectivity index (χ1v) is 9.43. The molecule has 0 amide bonds. The molecular formula is C19H23NO9. The van der Waals surface area contributed by atoms with Gasteiger partial charge in [0, 0.05) is 17.8 Å². The van der Waals surface area contributed by atoms with Gasteiger partial charge in [0.15, 0.2) is 17.8 Å². The lowest BCUT2D eigenvalue weighted by atomic mass is 9.81. The summed E-state index contributed by atoms with van der Waals surface area (Å²) in [6, 6.07) is 4.78. The standard InChI is InChI=1S/C19H23NO9/c1-2-25-19(22)18(14(21)4-6-17-26-7-8-27-17)13(10-20(23)24)12-3-5-15-16(9-12)29-11-28-15/h3,5,9,13,17-18H,2,4,6-8,10-11H2,1H3. The van der Waals surface area contributed by atoms with E-state index in [9.17, 15) is 19.7 Å². The molecule has 0 aliphatic carbocycles. The van der Waals surface area contributed by atoms with Crippen LogP contribution in [0, 0.1) is 16.0 Å². The lowest BCUT2D eigenvalue weighted by Gasteiger charge is -2.23. The minimum atomic E-state index is -1.32. The zero-order chi connectivity index (χ0) is 20.8. The SMILES string of the molecule is CCOC(=O)C(C(=O)CCC1OCCO1)C(C[N+](=O)[O-])c1ccc2c(c1)OCO2. The van der Waals surface area contributed by atoms with Gasteiger partial charge in [0.25, 0.3) is 0 Å². The van der Waals surface area contributed by atoms with Gasteiger partial charge in [-0.15, -0.1) is 0 Å². The van der Waals surface area contributed by atoms with Gasteiger partial charge in [0.05, 0.1) is 25.7 Å². The molecule has 1 fully saturated rings. The number of hydrogen-bond donors (Lipinski definition) is 0. The summed E-state index contributed by atoms with van der Waals surface area (Å²) in [7, 11) is 0. The topological polar surface area (TPSA) is 123 Å². The number of nitrogens with zero attached hydrogens (tertiary/aromatic N) is 1. The fourth-order valence-electron chi connectivity index (χ4n) is 3.45. The first kappa shape index (κ1) is 21.0. The molecule has 0 N–H and O–H groups in total. The molecule has 0 spiro atoms. The van der Waals surface area contributed by atoms with Crippen molar-refractivity contribution in [2.75, 3.05) is 33.2 Å². The molecule has 29 heavy (non-hydrogen) atoms. The van der Waals surface area contributed by atoms with Gasteiger partial charge < -0.3 is 23.7 Å². The molecule has 1 aromatic rings. The highest BCUT2D eigenvalue weighted by Crippen LogP contribution is 2.37. The van der Waals surface area contributed by atoms with E-state index >= 15 is 0 Å². The second-order valence-electron chi connectivity index (χ2n) is 6.64. The second kappa shape index (κ2) is 9.66. The fraction of sp³-hybridized carbons (Fsp3) is 0.579. The molecule has 1 aromatic carbocycles. The van der Waals surface area contributed by atoms with E-state index in [0.717, 1.165) is 0 Å². The van der Waals surface area contributed by atoms with Crippen LogP contribution in [0.25, 0.3) is 0 Å². The molecule has 1 saturated heterocycles. The van der Waals surface area contributed by atoms with E-state index in [4.69, 9.17) is 23.7 Å². The van der Waals surface area contributed by atoms with Crippen molar-refractivity contribution in [1.82, 2.24) is 0 Å². The lowest BCUT2D eigenvalue weighted by molar-refractivity contribution is -0.484. The smallest absolute Gasteiger partial charge is 0.317 e. The number of ketones is 1. The molecule has 0 bridgehead atoms. The molecule has 10 heteroatoms. The van der Waals surface area contributed by atoms with Crippen LogP contribution in [-0.2, 0) is 23.8 Å². The van der Waals surface area contributed by atoms with Crippen molar-refractivity contribution in [2.45, 2.75) is 32.0 Å². The van der Waals surface area contributed by atoms with E-state index in [0.29, 0.717) is 30.3 Å². The average molecular weight is 409 g/mol. The van der Waals surface area contributed by atoms with E-state index in [-0.39, 0.29) is 26.2 Å². The van der Waals surface area contributed by atoms with E-state index in [1.54, 1.807) is 25.1 Å². The molecule has 2 heterocycles. The number of fused-ring (bicyclic) bond motifs is 1. The van der Waals surface area contributed by atoms with Crippen LogP contribution < -0.4 is 9.47 Å². The zero-order valence-electron chi connectivity index (χ0n) is 16.0. The van der Waals surface area contributed by atoms with Crippen molar-refractivity contribution in [3.8, 4) is 11.5 Å². The van der Waals surface area contributed by atoms with Gasteiger partial charge in [-0.3, -0.25) is 19.7 Å². The summed E-state index contributed by atoms with van der Waals surface area (Å²) in [5.41, 5.74) is 0.436. The minimum absolute atomic E-state index is 0.0209. The zero-order valence-corrected chi connectivity index (χ0v) is 16.0. The third kappa shape index (κ3) is 5.21. The molecule has 0 saturated carbocycles. The fourth-order valence-corrected chi connectivity index (χ4v) is 3.45. The Balaban J connectivity index is 1.86. The molecule has 3 rings (SSSR count). The molecule has 2 aliphatic rings. The average Bonchev–Trinajstić information content (AvgIpc) is 3.36. The Labute approximate surface area is 167 Å². The number of rotatable bonds is 10. The van der Waals surface area contributed by atoms with Crippen LogP contribution in [0.5, 0.6) is 11.5 Å². The molecule has 0 aromatic heterocycles. The van der Waals surface area contributed by atoms with Gasteiger partial charge in [-0.05, 0) is 24.6 Å². The van der Waals surface area contributed by atoms with Crippen LogP contribution in [-0.4, -0.2) is 56.1 Å². The molecule has 2 atom stereocenters. The molecule has 2 unspecified atom stereocenters. The van der Waals surface area contributed by atoms with E-state index in [2.05, 4.69) is 0 Å². The lowest BCUT2D eigenvalue weighted by Crippen LogP contribution is -2.35. The number of hydrogen-bond acceptors (Lipinski definition) is 9. The second-order valence-corrected chi connectivity index (χ2v) is 6.64. The van der Waals surface area contributed by atoms with E-state index in [1.165, 1.54) is 0 Å². The molecule has 0 radical (unpaired) electrons. The number of ether oxygens (including phenoxy) is 5. The highest BCUT2D eigenvalue weighted by atomic mass is 16.7. The third-order valence-electron chi connectivity index (χ3n) is 4.78. The maximum atomic E-state index is 13.0. The van der Waals surface area contributed by atoms with E-state index in [1.807, 2.05) is 0 Å². The van der Waals surface area contributed by atoms with Crippen molar-refractivity contribution in [3.63, 3.8) is 0 Å². The molecule has 158 valence electrons. The van der Waals surface area contributed by atoms with Crippen LogP contribution in [0.15, 0.2) is 18.2 Å². The summed E-state index contributed by atoms with van der Waals surface area (Å²) >= 11 is 0. The third-order valence-corrected chi connectivity index (χ3v) is 4.78. The Hall–Kier alpha value is -2.72. The van der Waals surface area contributed by atoms with Crippen molar-refractivity contribution in [2.24, 2.45) is 5.92 Å². The van der Waals surface area contributed by atoms with Gasteiger partial charge in [-0.2, -0.15) is 0 Å². The number of esters is 1. The molecule has 2 aliphatic heterocycles. The van der Waals surface area contributed by atoms with Crippen LogP contribution in [0.3, 0.4) is 0 Å². The van der Waals surface area contributed by atoms with Gasteiger partial charge in [0.2, 0.25) is 13.3 Å². The molecule has 10 nitrogen and oxygen atoms in total.